The Morgan fingerprint density at radius 1 is 1.35 bits per heavy atom. The number of anilines is 1. The molecule has 1 aromatic carbocycles. The predicted molar refractivity (Wildman–Crippen MR) is 81.3 cm³/mol. The summed E-state index contributed by atoms with van der Waals surface area (Å²) in [6, 6.07) is 5.42. The van der Waals surface area contributed by atoms with Gasteiger partial charge in [0, 0.05) is 23.3 Å². The van der Waals surface area contributed by atoms with E-state index >= 15 is 0 Å². The van der Waals surface area contributed by atoms with Crippen molar-refractivity contribution < 1.29 is 9.90 Å². The van der Waals surface area contributed by atoms with E-state index < -0.39 is 0 Å². The second-order valence-electron chi connectivity index (χ2n) is 5.20. The number of carbonyl (C=O) groups is 1. The van der Waals surface area contributed by atoms with Gasteiger partial charge in [-0.25, -0.2) is 0 Å². The molecule has 0 bridgehead atoms. The molecule has 1 aliphatic carbocycles. The third-order valence-corrected chi connectivity index (χ3v) is 3.86. The zero-order valence-electron chi connectivity index (χ0n) is 11.7. The zero-order chi connectivity index (χ0) is 14.5. The fourth-order valence-electron chi connectivity index (χ4n) is 2.53. The van der Waals surface area contributed by atoms with Gasteiger partial charge < -0.3 is 15.7 Å². The molecular weight excluding hydrogens is 276 g/mol. The smallest absolute Gasteiger partial charge is 0.253 e. The van der Waals surface area contributed by atoms with Gasteiger partial charge in [0.2, 0.25) is 0 Å². The van der Waals surface area contributed by atoms with Gasteiger partial charge in [0.05, 0.1) is 11.7 Å². The van der Waals surface area contributed by atoms with Crippen LogP contribution >= 0.6 is 11.6 Å². The first-order chi connectivity index (χ1) is 9.60. The SMILES string of the molecule is CCNc1ccc(Cl)cc1C(=O)NC1CCC(O)CC1. The van der Waals surface area contributed by atoms with Gasteiger partial charge in [0.15, 0.2) is 0 Å². The molecule has 2 rings (SSSR count). The summed E-state index contributed by atoms with van der Waals surface area (Å²) in [4.78, 5) is 12.4. The van der Waals surface area contributed by atoms with Crippen molar-refractivity contribution in [2.75, 3.05) is 11.9 Å². The van der Waals surface area contributed by atoms with E-state index in [2.05, 4.69) is 10.6 Å². The molecule has 20 heavy (non-hydrogen) atoms. The van der Waals surface area contributed by atoms with Crippen molar-refractivity contribution >= 4 is 23.2 Å². The minimum atomic E-state index is -0.216. The lowest BCUT2D eigenvalue weighted by Crippen LogP contribution is -2.38. The van der Waals surface area contributed by atoms with Crippen LogP contribution < -0.4 is 10.6 Å². The van der Waals surface area contributed by atoms with Gasteiger partial charge in [-0.3, -0.25) is 4.79 Å². The van der Waals surface area contributed by atoms with E-state index in [0.29, 0.717) is 10.6 Å². The molecule has 0 aromatic heterocycles. The lowest BCUT2D eigenvalue weighted by Gasteiger charge is -2.26. The van der Waals surface area contributed by atoms with Gasteiger partial charge in [0.25, 0.3) is 5.91 Å². The standard InChI is InChI=1S/C15H21ClN2O2/c1-2-17-14-8-3-10(16)9-13(14)15(20)18-11-4-6-12(19)7-5-11/h3,8-9,11-12,17,19H,2,4-7H2,1H3,(H,18,20). The Kier molecular flexibility index (Phi) is 5.26. The molecule has 0 unspecified atom stereocenters. The molecule has 0 heterocycles. The average Bonchev–Trinajstić information content (AvgIpc) is 2.43. The van der Waals surface area contributed by atoms with Crippen LogP contribution in [0, 0.1) is 0 Å². The molecule has 1 fully saturated rings. The first-order valence-corrected chi connectivity index (χ1v) is 7.50. The molecule has 0 atom stereocenters. The number of nitrogens with one attached hydrogen (secondary N) is 2. The number of carbonyl (C=O) groups excluding carboxylic acids is 1. The van der Waals surface area contributed by atoms with Crippen molar-refractivity contribution in [1.82, 2.24) is 5.32 Å². The number of aliphatic hydroxyl groups excluding tert-OH is 1. The maximum atomic E-state index is 12.4. The molecule has 1 amide bonds. The quantitative estimate of drug-likeness (QED) is 0.801. The van der Waals surface area contributed by atoms with Crippen LogP contribution in [0.2, 0.25) is 5.02 Å². The van der Waals surface area contributed by atoms with E-state index in [1.54, 1.807) is 12.1 Å². The van der Waals surface area contributed by atoms with Crippen LogP contribution in [0.15, 0.2) is 18.2 Å². The summed E-state index contributed by atoms with van der Waals surface area (Å²) in [5, 5.41) is 16.2. The molecule has 1 saturated carbocycles. The number of aliphatic hydroxyl groups is 1. The monoisotopic (exact) mass is 296 g/mol. The minimum absolute atomic E-state index is 0.107. The van der Waals surface area contributed by atoms with Crippen molar-refractivity contribution in [2.45, 2.75) is 44.8 Å². The molecule has 0 radical (unpaired) electrons. The largest absolute Gasteiger partial charge is 0.393 e. The first-order valence-electron chi connectivity index (χ1n) is 7.12. The number of amides is 1. The predicted octanol–water partition coefficient (Wildman–Crippen LogP) is 2.81. The van der Waals surface area contributed by atoms with Crippen LogP contribution in [-0.2, 0) is 0 Å². The molecule has 0 spiro atoms. The fourth-order valence-corrected chi connectivity index (χ4v) is 2.70. The number of hydrogen-bond acceptors (Lipinski definition) is 3. The van der Waals surface area contributed by atoms with Crippen molar-refractivity contribution in [1.29, 1.82) is 0 Å². The zero-order valence-corrected chi connectivity index (χ0v) is 12.4. The fraction of sp³-hybridized carbons (Fsp3) is 0.533. The Hall–Kier alpha value is -1.26. The van der Waals surface area contributed by atoms with E-state index in [9.17, 15) is 9.90 Å². The Morgan fingerprint density at radius 2 is 2.05 bits per heavy atom. The van der Waals surface area contributed by atoms with Crippen LogP contribution in [0.3, 0.4) is 0 Å². The van der Waals surface area contributed by atoms with E-state index in [1.165, 1.54) is 0 Å². The second kappa shape index (κ2) is 6.95. The topological polar surface area (TPSA) is 61.4 Å². The highest BCUT2D eigenvalue weighted by molar-refractivity contribution is 6.31. The summed E-state index contributed by atoms with van der Waals surface area (Å²) in [5.41, 5.74) is 1.37. The molecule has 0 aliphatic heterocycles. The summed E-state index contributed by atoms with van der Waals surface area (Å²) in [6.07, 6.45) is 2.93. The van der Waals surface area contributed by atoms with E-state index in [0.717, 1.165) is 37.9 Å². The lowest BCUT2D eigenvalue weighted by molar-refractivity contribution is 0.0868. The molecule has 1 aromatic rings. The number of halogens is 1. The first kappa shape index (κ1) is 15.1. The third-order valence-electron chi connectivity index (χ3n) is 3.63. The second-order valence-corrected chi connectivity index (χ2v) is 5.64. The molecule has 4 nitrogen and oxygen atoms in total. The highest BCUT2D eigenvalue weighted by Gasteiger charge is 2.22. The van der Waals surface area contributed by atoms with E-state index in [4.69, 9.17) is 11.6 Å². The minimum Gasteiger partial charge on any atom is -0.393 e. The van der Waals surface area contributed by atoms with Crippen LogP contribution in [0.4, 0.5) is 5.69 Å². The maximum Gasteiger partial charge on any atom is 0.253 e. The van der Waals surface area contributed by atoms with Crippen LogP contribution in [0.25, 0.3) is 0 Å². The average molecular weight is 297 g/mol. The Bertz CT molecular complexity index is 471. The Labute approximate surface area is 124 Å². The summed E-state index contributed by atoms with van der Waals surface area (Å²) in [6.45, 7) is 2.73. The molecule has 0 saturated heterocycles. The van der Waals surface area contributed by atoms with Crippen LogP contribution in [0.1, 0.15) is 43.0 Å². The normalized spacial score (nSPS) is 22.4. The van der Waals surface area contributed by atoms with Crippen LogP contribution in [-0.4, -0.2) is 29.7 Å². The van der Waals surface area contributed by atoms with Gasteiger partial charge >= 0.3 is 0 Å². The van der Waals surface area contributed by atoms with E-state index in [1.807, 2.05) is 13.0 Å². The van der Waals surface area contributed by atoms with Gasteiger partial charge in [-0.05, 0) is 50.8 Å². The van der Waals surface area contributed by atoms with Gasteiger partial charge in [-0.2, -0.15) is 0 Å². The Balaban J connectivity index is 2.06. The highest BCUT2D eigenvalue weighted by Crippen LogP contribution is 2.23. The molecule has 3 N–H and O–H groups in total. The molecule has 5 heteroatoms. The number of benzene rings is 1. The Morgan fingerprint density at radius 3 is 2.70 bits per heavy atom. The highest BCUT2D eigenvalue weighted by atomic mass is 35.5. The number of hydrogen-bond donors (Lipinski definition) is 3. The van der Waals surface area contributed by atoms with E-state index in [-0.39, 0.29) is 18.1 Å². The van der Waals surface area contributed by atoms with Crippen molar-refractivity contribution in [3.8, 4) is 0 Å². The summed E-state index contributed by atoms with van der Waals surface area (Å²) >= 11 is 5.98. The number of rotatable bonds is 4. The third kappa shape index (κ3) is 3.87. The maximum absolute atomic E-state index is 12.4. The molecule has 110 valence electrons. The van der Waals surface area contributed by atoms with Crippen molar-refractivity contribution in [3.05, 3.63) is 28.8 Å². The van der Waals surface area contributed by atoms with Crippen molar-refractivity contribution in [3.63, 3.8) is 0 Å². The van der Waals surface area contributed by atoms with Gasteiger partial charge in [-0.15, -0.1) is 0 Å². The van der Waals surface area contributed by atoms with Gasteiger partial charge in [-0.1, -0.05) is 11.6 Å². The van der Waals surface area contributed by atoms with Crippen LogP contribution in [0.5, 0.6) is 0 Å². The summed E-state index contributed by atoms with van der Waals surface area (Å²) < 4.78 is 0. The molecule has 1 aliphatic rings. The lowest BCUT2D eigenvalue weighted by atomic mass is 9.93. The molecular formula is C15H21ClN2O2. The summed E-state index contributed by atoms with van der Waals surface area (Å²) in [5.74, 6) is -0.107. The summed E-state index contributed by atoms with van der Waals surface area (Å²) in [7, 11) is 0. The van der Waals surface area contributed by atoms with Crippen molar-refractivity contribution in [2.24, 2.45) is 0 Å². The van der Waals surface area contributed by atoms with Gasteiger partial charge in [0.1, 0.15) is 0 Å².